The zero-order valence-corrected chi connectivity index (χ0v) is 17.3. The van der Waals surface area contributed by atoms with Gasteiger partial charge in [-0.05, 0) is 19.1 Å². The number of nitrogens with zero attached hydrogens (tertiary/aromatic N) is 8. The summed E-state index contributed by atoms with van der Waals surface area (Å²) in [5.74, 6) is 0.980. The van der Waals surface area contributed by atoms with Gasteiger partial charge in [0.05, 0.1) is 24.1 Å². The van der Waals surface area contributed by atoms with Gasteiger partial charge in [0.1, 0.15) is 11.5 Å². The van der Waals surface area contributed by atoms with Crippen LogP contribution in [0, 0.1) is 0 Å². The minimum absolute atomic E-state index is 0.0564. The maximum Gasteiger partial charge on any atom is 0.434 e. The van der Waals surface area contributed by atoms with E-state index in [9.17, 15) is 13.2 Å². The number of halogens is 3. The van der Waals surface area contributed by atoms with Gasteiger partial charge in [-0.25, -0.2) is 19.9 Å². The number of hydrogen-bond donors (Lipinski definition) is 1. The fourth-order valence-electron chi connectivity index (χ4n) is 4.02. The summed E-state index contributed by atoms with van der Waals surface area (Å²) in [6, 6.07) is 4.02. The number of hydrogen-bond acceptors (Lipinski definition) is 7. The van der Waals surface area contributed by atoms with Crippen LogP contribution in [-0.4, -0.2) is 53.2 Å². The highest BCUT2D eigenvalue weighted by atomic mass is 19.4. The first-order valence-electron chi connectivity index (χ1n) is 10.0. The second-order valence-corrected chi connectivity index (χ2v) is 7.79. The minimum atomic E-state index is -4.56. The van der Waals surface area contributed by atoms with Crippen LogP contribution in [0.15, 0.2) is 43.1 Å². The molecule has 2 atom stereocenters. The van der Waals surface area contributed by atoms with Crippen LogP contribution in [0.25, 0.3) is 17.2 Å². The number of rotatable bonds is 3. The molecule has 32 heavy (non-hydrogen) atoms. The summed E-state index contributed by atoms with van der Waals surface area (Å²) in [6.45, 7) is 3.48. The van der Waals surface area contributed by atoms with Crippen molar-refractivity contribution < 1.29 is 13.2 Å². The minimum Gasteiger partial charge on any atom is -0.353 e. The van der Waals surface area contributed by atoms with Gasteiger partial charge in [-0.15, -0.1) is 0 Å². The SMILES string of the molecule is CC1CN(c2ccnc(-c3cnc4cnc(C(F)(F)F)cn34)n2)CC(c2ccnn2C)N1. The maximum absolute atomic E-state index is 13.1. The van der Waals surface area contributed by atoms with Crippen LogP contribution in [0.5, 0.6) is 0 Å². The predicted molar refractivity (Wildman–Crippen MR) is 110 cm³/mol. The zero-order valence-electron chi connectivity index (χ0n) is 17.3. The summed E-state index contributed by atoms with van der Waals surface area (Å²) in [6.07, 6.45) is 2.27. The Hall–Kier alpha value is -3.54. The van der Waals surface area contributed by atoms with Crippen molar-refractivity contribution in [2.24, 2.45) is 7.05 Å². The van der Waals surface area contributed by atoms with Crippen LogP contribution >= 0.6 is 0 Å². The molecule has 0 bridgehead atoms. The molecule has 1 aliphatic heterocycles. The summed E-state index contributed by atoms with van der Waals surface area (Å²) >= 11 is 0. The molecule has 166 valence electrons. The number of fused-ring (bicyclic) bond motifs is 1. The highest BCUT2D eigenvalue weighted by molar-refractivity contribution is 5.58. The Morgan fingerprint density at radius 1 is 1.06 bits per heavy atom. The van der Waals surface area contributed by atoms with E-state index < -0.39 is 11.9 Å². The van der Waals surface area contributed by atoms with E-state index in [1.54, 1.807) is 18.5 Å². The van der Waals surface area contributed by atoms with Gasteiger partial charge in [-0.2, -0.15) is 18.3 Å². The van der Waals surface area contributed by atoms with Crippen LogP contribution in [-0.2, 0) is 13.2 Å². The Balaban J connectivity index is 1.49. The molecule has 9 nitrogen and oxygen atoms in total. The van der Waals surface area contributed by atoms with Gasteiger partial charge < -0.3 is 10.2 Å². The molecule has 0 saturated carbocycles. The summed E-state index contributed by atoms with van der Waals surface area (Å²) in [4.78, 5) is 18.7. The van der Waals surface area contributed by atoms with E-state index in [-0.39, 0.29) is 23.6 Å². The lowest BCUT2D eigenvalue weighted by Crippen LogP contribution is -2.51. The Bertz CT molecular complexity index is 1260. The molecule has 0 aliphatic carbocycles. The van der Waals surface area contributed by atoms with E-state index in [4.69, 9.17) is 0 Å². The van der Waals surface area contributed by atoms with Crippen molar-refractivity contribution in [2.45, 2.75) is 25.2 Å². The molecule has 1 N–H and O–H groups in total. The van der Waals surface area contributed by atoms with Crippen molar-refractivity contribution in [3.8, 4) is 11.5 Å². The summed E-state index contributed by atoms with van der Waals surface area (Å²) in [5.41, 5.74) is 0.704. The Morgan fingerprint density at radius 3 is 2.66 bits per heavy atom. The molecule has 1 aliphatic rings. The lowest BCUT2D eigenvalue weighted by Gasteiger charge is -2.38. The fraction of sp³-hybridized carbons (Fsp3) is 0.350. The zero-order chi connectivity index (χ0) is 22.5. The first-order valence-corrected chi connectivity index (χ1v) is 10.0. The standard InChI is InChI=1S/C20H20F3N9/c1-12-9-31(10-13(28-12)14-3-6-27-30(14)2)17-4-5-24-19(29-17)15-7-26-18-8-25-16(11-32(15)18)20(21,22)23/h3-8,11-13,28H,9-10H2,1-2H3. The molecule has 1 saturated heterocycles. The molecule has 0 radical (unpaired) electrons. The summed E-state index contributed by atoms with van der Waals surface area (Å²) in [7, 11) is 1.90. The monoisotopic (exact) mass is 443 g/mol. The quantitative estimate of drug-likeness (QED) is 0.520. The Kier molecular flexibility index (Phi) is 4.81. The van der Waals surface area contributed by atoms with Crippen LogP contribution < -0.4 is 10.2 Å². The number of piperazine rings is 1. The molecular formula is C20H20F3N9. The topological polar surface area (TPSA) is 89.1 Å². The van der Waals surface area contributed by atoms with Crippen LogP contribution in [0.4, 0.5) is 19.0 Å². The van der Waals surface area contributed by atoms with Crippen LogP contribution in [0.1, 0.15) is 24.4 Å². The van der Waals surface area contributed by atoms with E-state index in [1.165, 1.54) is 10.6 Å². The summed E-state index contributed by atoms with van der Waals surface area (Å²) < 4.78 is 42.6. The Morgan fingerprint density at radius 2 is 1.91 bits per heavy atom. The van der Waals surface area contributed by atoms with Crippen molar-refractivity contribution in [1.82, 2.24) is 39.4 Å². The van der Waals surface area contributed by atoms with Crippen molar-refractivity contribution >= 4 is 11.5 Å². The fourth-order valence-corrected chi connectivity index (χ4v) is 4.02. The number of aromatic nitrogens is 7. The second-order valence-electron chi connectivity index (χ2n) is 7.79. The van der Waals surface area contributed by atoms with Gasteiger partial charge in [0.15, 0.2) is 17.2 Å². The third-order valence-electron chi connectivity index (χ3n) is 5.48. The smallest absolute Gasteiger partial charge is 0.353 e. The van der Waals surface area contributed by atoms with Gasteiger partial charge in [0, 0.05) is 44.8 Å². The molecule has 0 aromatic carbocycles. The van der Waals surface area contributed by atoms with Crippen molar-refractivity contribution in [3.05, 3.63) is 54.5 Å². The van der Waals surface area contributed by atoms with E-state index in [2.05, 4.69) is 42.2 Å². The third kappa shape index (κ3) is 3.66. The highest BCUT2D eigenvalue weighted by Crippen LogP contribution is 2.29. The van der Waals surface area contributed by atoms with Gasteiger partial charge >= 0.3 is 6.18 Å². The lowest BCUT2D eigenvalue weighted by atomic mass is 10.1. The second kappa shape index (κ2) is 7.55. The van der Waals surface area contributed by atoms with Crippen LogP contribution in [0.3, 0.4) is 0 Å². The van der Waals surface area contributed by atoms with Crippen molar-refractivity contribution in [3.63, 3.8) is 0 Å². The van der Waals surface area contributed by atoms with Crippen molar-refractivity contribution in [2.75, 3.05) is 18.0 Å². The van der Waals surface area contributed by atoms with Gasteiger partial charge in [0.2, 0.25) is 0 Å². The molecule has 0 amide bonds. The number of alkyl halides is 3. The predicted octanol–water partition coefficient (Wildman–Crippen LogP) is 2.48. The third-order valence-corrected chi connectivity index (χ3v) is 5.48. The van der Waals surface area contributed by atoms with Crippen molar-refractivity contribution in [1.29, 1.82) is 0 Å². The lowest BCUT2D eigenvalue weighted by molar-refractivity contribution is -0.141. The normalized spacial score (nSPS) is 19.6. The average Bonchev–Trinajstić information content (AvgIpc) is 3.38. The Labute approximate surface area is 181 Å². The molecular weight excluding hydrogens is 423 g/mol. The van der Waals surface area contributed by atoms with Gasteiger partial charge in [-0.1, -0.05) is 0 Å². The molecule has 2 unspecified atom stereocenters. The molecule has 5 heterocycles. The number of anilines is 1. The first-order chi connectivity index (χ1) is 15.3. The number of aryl methyl sites for hydroxylation is 1. The maximum atomic E-state index is 13.1. The first kappa shape index (κ1) is 20.4. The largest absolute Gasteiger partial charge is 0.434 e. The van der Waals surface area contributed by atoms with Gasteiger partial charge in [-0.3, -0.25) is 9.08 Å². The van der Waals surface area contributed by atoms with E-state index in [0.717, 1.165) is 24.6 Å². The van der Waals surface area contributed by atoms with E-state index in [1.807, 2.05) is 17.8 Å². The van der Waals surface area contributed by atoms with Crippen LogP contribution in [0.2, 0.25) is 0 Å². The molecule has 4 aromatic heterocycles. The number of imidazole rings is 1. The van der Waals surface area contributed by atoms with E-state index in [0.29, 0.717) is 18.1 Å². The molecule has 1 fully saturated rings. The highest BCUT2D eigenvalue weighted by Gasteiger charge is 2.33. The average molecular weight is 443 g/mol. The van der Waals surface area contributed by atoms with Gasteiger partial charge in [0.25, 0.3) is 0 Å². The molecule has 12 heteroatoms. The number of nitrogens with one attached hydrogen (secondary N) is 1. The van der Waals surface area contributed by atoms with E-state index >= 15 is 0 Å². The summed E-state index contributed by atoms with van der Waals surface area (Å²) in [5, 5.41) is 7.83. The molecule has 5 rings (SSSR count). The molecule has 4 aromatic rings. The molecule has 0 spiro atoms.